The lowest BCUT2D eigenvalue weighted by molar-refractivity contribution is 0.0697. The van der Waals surface area contributed by atoms with Crippen molar-refractivity contribution in [1.82, 2.24) is 19.7 Å². The molecule has 0 fully saturated rings. The molecule has 1 N–H and O–H groups in total. The molecule has 0 bridgehead atoms. The van der Waals surface area contributed by atoms with Crippen LogP contribution in [0.15, 0.2) is 42.7 Å². The summed E-state index contributed by atoms with van der Waals surface area (Å²) in [7, 11) is 0. The number of pyridine rings is 1. The number of benzene rings is 1. The van der Waals surface area contributed by atoms with Gasteiger partial charge in [-0.15, -0.1) is 0 Å². The fraction of sp³-hybridized carbons (Fsp3) is 0.364. The van der Waals surface area contributed by atoms with Gasteiger partial charge in [0.15, 0.2) is 5.82 Å². The molecule has 0 atom stereocenters. The van der Waals surface area contributed by atoms with Crippen molar-refractivity contribution in [3.8, 4) is 11.1 Å². The smallest absolute Gasteiger partial charge is 0.337 e. The van der Waals surface area contributed by atoms with Crippen LogP contribution in [0.25, 0.3) is 11.1 Å². The van der Waals surface area contributed by atoms with Crippen LogP contribution in [0.4, 0.5) is 0 Å². The first-order chi connectivity index (χ1) is 13.6. The summed E-state index contributed by atoms with van der Waals surface area (Å²) in [5, 5.41) is 14.0. The molecule has 0 aliphatic heterocycles. The Hall–Kier alpha value is -3.02. The van der Waals surface area contributed by atoms with E-state index in [1.807, 2.05) is 28.9 Å². The molecule has 0 spiro atoms. The maximum atomic E-state index is 11.4. The highest BCUT2D eigenvalue weighted by Crippen LogP contribution is 2.24. The fourth-order valence-corrected chi connectivity index (χ4v) is 3.20. The Morgan fingerprint density at radius 3 is 2.57 bits per heavy atom. The summed E-state index contributed by atoms with van der Waals surface area (Å²) in [5.41, 5.74) is 2.87. The minimum Gasteiger partial charge on any atom is -0.478 e. The molecule has 0 amide bonds. The zero-order chi connectivity index (χ0) is 19.9. The van der Waals surface area contributed by atoms with E-state index in [9.17, 15) is 9.90 Å². The number of rotatable bonds is 9. The monoisotopic (exact) mass is 378 g/mol. The van der Waals surface area contributed by atoms with Crippen molar-refractivity contribution in [3.05, 3.63) is 65.5 Å². The van der Waals surface area contributed by atoms with Gasteiger partial charge in [0.1, 0.15) is 5.82 Å². The van der Waals surface area contributed by atoms with Crippen LogP contribution in [-0.2, 0) is 19.4 Å². The summed E-state index contributed by atoms with van der Waals surface area (Å²) in [6, 6.07) is 9.69. The van der Waals surface area contributed by atoms with Gasteiger partial charge in [-0.05, 0) is 29.2 Å². The molecule has 3 rings (SSSR count). The zero-order valence-electron chi connectivity index (χ0n) is 16.4. The van der Waals surface area contributed by atoms with Crippen LogP contribution in [0, 0.1) is 0 Å². The summed E-state index contributed by atoms with van der Waals surface area (Å²) in [6.07, 6.45) is 8.01. The first-order valence-electron chi connectivity index (χ1n) is 9.81. The number of carboxylic acid groups (broad SMARTS) is 1. The molecule has 146 valence electrons. The van der Waals surface area contributed by atoms with Crippen molar-refractivity contribution in [2.45, 2.75) is 52.5 Å². The van der Waals surface area contributed by atoms with Crippen molar-refractivity contribution in [2.24, 2.45) is 0 Å². The first kappa shape index (κ1) is 19.7. The Morgan fingerprint density at radius 2 is 1.89 bits per heavy atom. The lowest BCUT2D eigenvalue weighted by Gasteiger charge is -2.08. The summed E-state index contributed by atoms with van der Waals surface area (Å²) in [5.74, 6) is 0.890. The van der Waals surface area contributed by atoms with Gasteiger partial charge in [0.2, 0.25) is 0 Å². The molecule has 0 aliphatic carbocycles. The summed E-state index contributed by atoms with van der Waals surface area (Å²) in [6.45, 7) is 5.16. The van der Waals surface area contributed by atoms with Crippen molar-refractivity contribution in [1.29, 1.82) is 0 Å². The molecule has 0 aliphatic rings. The third-order valence-electron chi connectivity index (χ3n) is 4.76. The number of aryl methyl sites for hydroxylation is 2. The Labute approximate surface area is 165 Å². The first-order valence-corrected chi connectivity index (χ1v) is 9.81. The van der Waals surface area contributed by atoms with Gasteiger partial charge in [0.05, 0.1) is 5.56 Å². The van der Waals surface area contributed by atoms with Gasteiger partial charge < -0.3 is 5.11 Å². The maximum absolute atomic E-state index is 11.4. The number of carbonyl (C=O) groups is 1. The van der Waals surface area contributed by atoms with Gasteiger partial charge in [-0.1, -0.05) is 51.0 Å². The molecular formula is C22H26N4O2. The van der Waals surface area contributed by atoms with E-state index >= 15 is 0 Å². The van der Waals surface area contributed by atoms with Crippen LogP contribution in [0.1, 0.15) is 60.7 Å². The van der Waals surface area contributed by atoms with E-state index in [2.05, 4.69) is 28.9 Å². The average Bonchev–Trinajstić information content (AvgIpc) is 3.10. The largest absolute Gasteiger partial charge is 0.478 e. The molecule has 0 saturated heterocycles. The molecule has 28 heavy (non-hydrogen) atoms. The standard InChI is InChI=1S/C22H26N4O2/c1-3-5-6-13-26-21(24-20(4-2)25-26)14-16-7-9-17(10-8-16)18-11-12-23-15-19(18)22(27)28/h7-12,15H,3-6,13-14H2,1-2H3,(H,27,28). The number of aromatic nitrogens is 4. The molecule has 6 heteroatoms. The second-order valence-electron chi connectivity index (χ2n) is 6.83. The van der Waals surface area contributed by atoms with Gasteiger partial charge in [-0.2, -0.15) is 5.10 Å². The van der Waals surface area contributed by atoms with Crippen molar-refractivity contribution in [3.63, 3.8) is 0 Å². The normalized spacial score (nSPS) is 10.9. The van der Waals surface area contributed by atoms with Gasteiger partial charge >= 0.3 is 5.97 Å². The topological polar surface area (TPSA) is 80.9 Å². The molecular weight excluding hydrogens is 352 g/mol. The van der Waals surface area contributed by atoms with Crippen LogP contribution in [0.5, 0.6) is 0 Å². The zero-order valence-corrected chi connectivity index (χ0v) is 16.4. The number of aromatic carboxylic acids is 1. The Kier molecular flexibility index (Phi) is 6.53. The summed E-state index contributed by atoms with van der Waals surface area (Å²) < 4.78 is 2.04. The van der Waals surface area contributed by atoms with Crippen molar-refractivity contribution < 1.29 is 9.90 Å². The van der Waals surface area contributed by atoms with E-state index < -0.39 is 5.97 Å². The predicted molar refractivity (Wildman–Crippen MR) is 108 cm³/mol. The maximum Gasteiger partial charge on any atom is 0.337 e. The average molecular weight is 378 g/mol. The fourth-order valence-electron chi connectivity index (χ4n) is 3.20. The molecule has 2 aromatic heterocycles. The molecule has 1 aromatic carbocycles. The summed E-state index contributed by atoms with van der Waals surface area (Å²) >= 11 is 0. The van der Waals surface area contributed by atoms with E-state index in [0.717, 1.165) is 42.2 Å². The number of nitrogens with zero attached hydrogens (tertiary/aromatic N) is 4. The Morgan fingerprint density at radius 1 is 1.11 bits per heavy atom. The molecule has 0 unspecified atom stereocenters. The third kappa shape index (κ3) is 4.63. The van der Waals surface area contributed by atoms with E-state index in [4.69, 9.17) is 0 Å². The molecule has 3 aromatic rings. The van der Waals surface area contributed by atoms with E-state index in [-0.39, 0.29) is 5.56 Å². The molecule has 0 saturated carbocycles. The van der Waals surface area contributed by atoms with Gasteiger partial charge in [-0.3, -0.25) is 4.98 Å². The van der Waals surface area contributed by atoms with Crippen LogP contribution in [0.3, 0.4) is 0 Å². The highest BCUT2D eigenvalue weighted by atomic mass is 16.4. The minimum atomic E-state index is -0.973. The second-order valence-corrected chi connectivity index (χ2v) is 6.83. The van der Waals surface area contributed by atoms with Crippen LogP contribution < -0.4 is 0 Å². The van der Waals surface area contributed by atoms with Gasteiger partial charge in [0, 0.05) is 31.8 Å². The number of hydrogen-bond acceptors (Lipinski definition) is 4. The molecule has 6 nitrogen and oxygen atoms in total. The lowest BCUT2D eigenvalue weighted by atomic mass is 10.00. The minimum absolute atomic E-state index is 0.207. The second kappa shape index (κ2) is 9.26. The highest BCUT2D eigenvalue weighted by molar-refractivity contribution is 5.95. The Balaban J connectivity index is 1.80. The molecule has 0 radical (unpaired) electrons. The SMILES string of the molecule is CCCCCn1nc(CC)nc1Cc1ccc(-c2ccncc2C(=O)O)cc1. The van der Waals surface area contributed by atoms with Crippen molar-refractivity contribution in [2.75, 3.05) is 0 Å². The van der Waals surface area contributed by atoms with Crippen LogP contribution in [-0.4, -0.2) is 30.8 Å². The lowest BCUT2D eigenvalue weighted by Crippen LogP contribution is -2.07. The highest BCUT2D eigenvalue weighted by Gasteiger charge is 2.13. The third-order valence-corrected chi connectivity index (χ3v) is 4.76. The van der Waals surface area contributed by atoms with E-state index in [1.54, 1.807) is 12.3 Å². The Bertz CT molecular complexity index is 932. The van der Waals surface area contributed by atoms with Gasteiger partial charge in [0.25, 0.3) is 0 Å². The number of unbranched alkanes of at least 4 members (excludes halogenated alkanes) is 2. The van der Waals surface area contributed by atoms with Gasteiger partial charge in [-0.25, -0.2) is 14.5 Å². The number of carboxylic acids is 1. The van der Waals surface area contributed by atoms with Crippen molar-refractivity contribution >= 4 is 5.97 Å². The van der Waals surface area contributed by atoms with E-state index in [1.165, 1.54) is 19.0 Å². The van der Waals surface area contributed by atoms with E-state index in [0.29, 0.717) is 12.0 Å². The quantitative estimate of drug-likeness (QED) is 0.559. The van der Waals surface area contributed by atoms with Crippen LogP contribution in [0.2, 0.25) is 0 Å². The number of hydrogen-bond donors (Lipinski definition) is 1. The molecule has 2 heterocycles. The summed E-state index contributed by atoms with van der Waals surface area (Å²) in [4.78, 5) is 20.0. The van der Waals surface area contributed by atoms with Crippen LogP contribution >= 0.6 is 0 Å². The predicted octanol–water partition coefficient (Wildman–Crippen LogP) is 4.38.